The van der Waals surface area contributed by atoms with Gasteiger partial charge in [-0.25, -0.2) is 0 Å². The van der Waals surface area contributed by atoms with Crippen molar-refractivity contribution < 1.29 is 9.53 Å². The third-order valence-corrected chi connectivity index (χ3v) is 10.1. The zero-order valence-electron chi connectivity index (χ0n) is 15.0. The Hall–Kier alpha value is -0.643. The van der Waals surface area contributed by atoms with Gasteiger partial charge in [0, 0.05) is 6.42 Å². The van der Waals surface area contributed by atoms with Crippen LogP contribution >= 0.6 is 0 Å². The Morgan fingerprint density at radius 2 is 1.86 bits per heavy atom. The fourth-order valence-corrected chi connectivity index (χ4v) is 4.18. The van der Waals surface area contributed by atoms with E-state index in [1.165, 1.54) is 5.56 Å². The van der Waals surface area contributed by atoms with Crippen molar-refractivity contribution in [1.82, 2.24) is 0 Å². The van der Waals surface area contributed by atoms with Crippen molar-refractivity contribution in [3.8, 4) is 0 Å². The van der Waals surface area contributed by atoms with Crippen LogP contribution in [0.25, 0.3) is 0 Å². The van der Waals surface area contributed by atoms with Crippen molar-refractivity contribution in [2.24, 2.45) is 5.92 Å². The van der Waals surface area contributed by atoms with E-state index < -0.39 is 13.9 Å². The third-order valence-electron chi connectivity index (χ3n) is 5.65. The molecule has 0 bridgehead atoms. The highest BCUT2D eigenvalue weighted by Crippen LogP contribution is 2.52. The topological polar surface area (TPSA) is 29.5 Å². The quantitative estimate of drug-likeness (QED) is 0.721. The van der Waals surface area contributed by atoms with Crippen molar-refractivity contribution in [2.75, 3.05) is 0 Å². The predicted octanol–water partition coefficient (Wildman–Crippen LogP) is 5.30. The Labute approximate surface area is 137 Å². The van der Waals surface area contributed by atoms with E-state index >= 15 is 0 Å². The zero-order chi connectivity index (χ0) is 16.6. The Bertz CT molecular complexity index is 492. The van der Waals surface area contributed by atoms with Gasteiger partial charge < -0.3 is 9.53 Å². The lowest BCUT2D eigenvalue weighted by atomic mass is 10.0. The monoisotopic (exact) mass is 320 g/mol. The molecule has 0 unspecified atom stereocenters. The Morgan fingerprint density at radius 1 is 1.27 bits per heavy atom. The molecule has 1 aromatic rings. The summed E-state index contributed by atoms with van der Waals surface area (Å²) in [5.41, 5.74) is 0.681. The highest BCUT2D eigenvalue weighted by Gasteiger charge is 2.53. The molecule has 22 heavy (non-hydrogen) atoms. The number of aliphatic hydroxyl groups is 1. The number of rotatable bonds is 6. The Kier molecular flexibility index (Phi) is 4.91. The van der Waals surface area contributed by atoms with Gasteiger partial charge in [0.1, 0.15) is 0 Å². The summed E-state index contributed by atoms with van der Waals surface area (Å²) in [5.74, 6) is 0.446. The van der Waals surface area contributed by atoms with E-state index in [1.807, 2.05) is 6.07 Å². The van der Waals surface area contributed by atoms with E-state index in [1.54, 1.807) is 0 Å². The first-order valence-electron chi connectivity index (χ1n) is 8.54. The van der Waals surface area contributed by atoms with Crippen LogP contribution in [0, 0.1) is 5.92 Å². The molecule has 3 atom stereocenters. The standard InChI is InChI=1S/C19H32O2Si/c1-7-16-13-19(16,20)14-17(15-11-9-8-10-12-15)21-22(5,6)18(2,3)4/h8-12,16-17,20H,7,13-14H2,1-6H3/t16-,17+,19+/m1/s1. The van der Waals surface area contributed by atoms with Crippen molar-refractivity contribution in [1.29, 1.82) is 0 Å². The van der Waals surface area contributed by atoms with Crippen LogP contribution in [0.4, 0.5) is 0 Å². The van der Waals surface area contributed by atoms with Crippen LogP contribution in [0.3, 0.4) is 0 Å². The number of hydrogen-bond donors (Lipinski definition) is 1. The van der Waals surface area contributed by atoms with Gasteiger partial charge in [-0.05, 0) is 36.0 Å². The van der Waals surface area contributed by atoms with Crippen LogP contribution in [-0.2, 0) is 4.43 Å². The minimum Gasteiger partial charge on any atom is -0.410 e. The molecule has 0 aliphatic heterocycles. The molecule has 0 radical (unpaired) electrons. The van der Waals surface area contributed by atoms with Crippen LogP contribution in [0.1, 0.15) is 58.6 Å². The van der Waals surface area contributed by atoms with Gasteiger partial charge in [-0.15, -0.1) is 0 Å². The molecular formula is C19H32O2Si. The number of benzene rings is 1. The summed E-state index contributed by atoms with van der Waals surface area (Å²) in [6, 6.07) is 10.4. The van der Waals surface area contributed by atoms with Crippen molar-refractivity contribution in [2.45, 2.75) is 76.8 Å². The summed E-state index contributed by atoms with van der Waals surface area (Å²) in [4.78, 5) is 0. The molecule has 2 nitrogen and oxygen atoms in total. The van der Waals surface area contributed by atoms with Gasteiger partial charge in [-0.2, -0.15) is 0 Å². The summed E-state index contributed by atoms with van der Waals surface area (Å²) >= 11 is 0. The molecule has 124 valence electrons. The molecule has 0 spiro atoms. The van der Waals surface area contributed by atoms with Gasteiger partial charge in [0.05, 0.1) is 11.7 Å². The fourth-order valence-electron chi connectivity index (χ4n) is 2.89. The van der Waals surface area contributed by atoms with E-state index in [4.69, 9.17) is 4.43 Å². The average molecular weight is 321 g/mol. The Morgan fingerprint density at radius 3 is 2.32 bits per heavy atom. The van der Waals surface area contributed by atoms with Gasteiger partial charge >= 0.3 is 0 Å². The highest BCUT2D eigenvalue weighted by atomic mass is 28.4. The first-order chi connectivity index (χ1) is 10.1. The van der Waals surface area contributed by atoms with E-state index in [9.17, 15) is 5.11 Å². The molecule has 1 fully saturated rings. The molecule has 1 aliphatic carbocycles. The first kappa shape index (κ1) is 17.7. The average Bonchev–Trinajstić information content (AvgIpc) is 3.08. The minimum atomic E-state index is -1.87. The highest BCUT2D eigenvalue weighted by molar-refractivity contribution is 6.74. The second kappa shape index (κ2) is 6.10. The maximum absolute atomic E-state index is 10.8. The molecule has 1 N–H and O–H groups in total. The van der Waals surface area contributed by atoms with Crippen molar-refractivity contribution in [3.05, 3.63) is 35.9 Å². The molecule has 3 heteroatoms. The molecule has 1 aliphatic rings. The molecule has 0 heterocycles. The maximum atomic E-state index is 10.8. The lowest BCUT2D eigenvalue weighted by Gasteiger charge is -2.40. The number of hydrogen-bond acceptors (Lipinski definition) is 2. The van der Waals surface area contributed by atoms with Gasteiger partial charge in [0.25, 0.3) is 0 Å². The molecule has 0 amide bonds. The molecule has 2 rings (SSSR count). The molecule has 0 saturated heterocycles. The fraction of sp³-hybridized carbons (Fsp3) is 0.684. The van der Waals surface area contributed by atoms with Crippen LogP contribution < -0.4 is 0 Å². The molecular weight excluding hydrogens is 288 g/mol. The normalized spacial score (nSPS) is 26.8. The molecule has 1 saturated carbocycles. The van der Waals surface area contributed by atoms with Gasteiger partial charge in [0.15, 0.2) is 8.32 Å². The van der Waals surface area contributed by atoms with E-state index in [-0.39, 0.29) is 11.1 Å². The van der Waals surface area contributed by atoms with Crippen molar-refractivity contribution in [3.63, 3.8) is 0 Å². The largest absolute Gasteiger partial charge is 0.410 e. The summed E-state index contributed by atoms with van der Waals surface area (Å²) < 4.78 is 6.68. The second-order valence-corrected chi connectivity index (χ2v) is 13.2. The van der Waals surface area contributed by atoms with Crippen LogP contribution in [-0.4, -0.2) is 19.0 Å². The Balaban J connectivity index is 2.20. The second-order valence-electron chi connectivity index (χ2n) is 8.39. The van der Waals surface area contributed by atoms with Gasteiger partial charge in [0.2, 0.25) is 0 Å². The van der Waals surface area contributed by atoms with E-state index in [0.717, 1.165) is 19.3 Å². The summed E-state index contributed by atoms with van der Waals surface area (Å²) in [6.07, 6.45) is 2.71. The van der Waals surface area contributed by atoms with Gasteiger partial charge in [-0.3, -0.25) is 0 Å². The zero-order valence-corrected chi connectivity index (χ0v) is 16.0. The van der Waals surface area contributed by atoms with Crippen LogP contribution in [0.2, 0.25) is 18.1 Å². The van der Waals surface area contributed by atoms with E-state index in [2.05, 4.69) is 65.1 Å². The lowest BCUT2D eigenvalue weighted by Crippen LogP contribution is -2.42. The van der Waals surface area contributed by atoms with Crippen LogP contribution in [0.15, 0.2) is 30.3 Å². The van der Waals surface area contributed by atoms with Gasteiger partial charge in [-0.1, -0.05) is 64.4 Å². The summed E-state index contributed by atoms with van der Waals surface area (Å²) in [7, 11) is -1.87. The van der Waals surface area contributed by atoms with Crippen LogP contribution in [0.5, 0.6) is 0 Å². The first-order valence-corrected chi connectivity index (χ1v) is 11.4. The molecule has 0 aromatic heterocycles. The lowest BCUT2D eigenvalue weighted by molar-refractivity contribution is 0.0574. The SMILES string of the molecule is CC[C@@H]1C[C@]1(O)C[C@H](O[Si](C)(C)C(C)(C)C)c1ccccc1. The smallest absolute Gasteiger partial charge is 0.192 e. The van der Waals surface area contributed by atoms with E-state index in [0.29, 0.717) is 5.92 Å². The predicted molar refractivity (Wildman–Crippen MR) is 95.4 cm³/mol. The third kappa shape index (κ3) is 3.81. The molecule has 1 aromatic carbocycles. The summed E-state index contributed by atoms with van der Waals surface area (Å²) in [5, 5.41) is 10.9. The summed E-state index contributed by atoms with van der Waals surface area (Å²) in [6.45, 7) is 13.5. The maximum Gasteiger partial charge on any atom is 0.192 e. The minimum absolute atomic E-state index is 0.00337. The van der Waals surface area contributed by atoms with Crippen molar-refractivity contribution >= 4 is 8.32 Å².